The topological polar surface area (TPSA) is 37.8 Å². The van der Waals surface area contributed by atoms with Gasteiger partial charge in [-0.1, -0.05) is 29.8 Å². The van der Waals surface area contributed by atoms with Crippen LogP contribution in [-0.4, -0.2) is 9.97 Å². The van der Waals surface area contributed by atoms with E-state index in [0.29, 0.717) is 5.02 Å². The van der Waals surface area contributed by atoms with Crippen LogP contribution in [0.15, 0.2) is 54.2 Å². The summed E-state index contributed by atoms with van der Waals surface area (Å²) in [5, 5.41) is 7.30. The molecule has 0 aliphatic carbocycles. The number of hydrogen-bond acceptors (Lipinski definition) is 4. The highest BCUT2D eigenvalue weighted by Gasteiger charge is 2.13. The molecule has 0 saturated carbocycles. The van der Waals surface area contributed by atoms with Crippen LogP contribution in [-0.2, 0) is 0 Å². The molecule has 2 aromatic carbocycles. The zero-order valence-corrected chi connectivity index (χ0v) is 16.7. The second-order valence-corrected chi connectivity index (χ2v) is 7.28. The first-order valence-electron chi connectivity index (χ1n) is 7.94. The largest absolute Gasteiger partial charge is 0.340 e. The Morgan fingerprint density at radius 2 is 1.73 bits per heavy atom. The third-order valence-corrected chi connectivity index (χ3v) is 5.43. The first-order valence-corrected chi connectivity index (χ1v) is 9.20. The van der Waals surface area contributed by atoms with E-state index in [1.807, 2.05) is 24.3 Å². The number of rotatable bonds is 3. The SMILES string of the molecule is Cc1ccc(-c2csc3ncnc(Nc4ccc(Cl)cc4)c23)cc1C.Cl. The van der Waals surface area contributed by atoms with Crippen molar-refractivity contribution >= 4 is 57.1 Å². The molecular weight excluding hydrogens is 385 g/mol. The molecule has 0 fully saturated rings. The van der Waals surface area contributed by atoms with Gasteiger partial charge in [-0.3, -0.25) is 0 Å². The molecule has 0 saturated heterocycles. The number of fused-ring (bicyclic) bond motifs is 1. The summed E-state index contributed by atoms with van der Waals surface area (Å²) in [6.45, 7) is 4.26. The summed E-state index contributed by atoms with van der Waals surface area (Å²) < 4.78 is 0. The van der Waals surface area contributed by atoms with Crippen molar-refractivity contribution in [2.24, 2.45) is 0 Å². The van der Waals surface area contributed by atoms with Gasteiger partial charge in [0.2, 0.25) is 0 Å². The molecule has 1 N–H and O–H groups in total. The van der Waals surface area contributed by atoms with Crippen molar-refractivity contribution in [1.29, 1.82) is 0 Å². The number of aryl methyl sites for hydroxylation is 2. The highest BCUT2D eigenvalue weighted by Crippen LogP contribution is 2.38. The molecule has 6 heteroatoms. The van der Waals surface area contributed by atoms with E-state index in [1.165, 1.54) is 16.7 Å². The Morgan fingerprint density at radius 1 is 0.962 bits per heavy atom. The molecule has 0 unspecified atom stereocenters. The van der Waals surface area contributed by atoms with Crippen LogP contribution in [0.5, 0.6) is 0 Å². The molecule has 2 heterocycles. The summed E-state index contributed by atoms with van der Waals surface area (Å²) in [7, 11) is 0. The first-order chi connectivity index (χ1) is 12.1. The van der Waals surface area contributed by atoms with Gasteiger partial charge < -0.3 is 5.32 Å². The molecule has 0 aliphatic rings. The summed E-state index contributed by atoms with van der Waals surface area (Å²) in [6, 6.07) is 14.1. The third-order valence-electron chi connectivity index (χ3n) is 4.30. The Morgan fingerprint density at radius 3 is 2.46 bits per heavy atom. The second-order valence-electron chi connectivity index (χ2n) is 5.98. The van der Waals surface area contributed by atoms with Crippen LogP contribution in [0.2, 0.25) is 5.02 Å². The van der Waals surface area contributed by atoms with Crippen molar-refractivity contribution in [2.75, 3.05) is 5.32 Å². The van der Waals surface area contributed by atoms with Crippen LogP contribution in [0.1, 0.15) is 11.1 Å². The lowest BCUT2D eigenvalue weighted by Crippen LogP contribution is -1.95. The minimum Gasteiger partial charge on any atom is -0.340 e. The minimum atomic E-state index is 0. The van der Waals surface area contributed by atoms with Crippen LogP contribution < -0.4 is 5.32 Å². The van der Waals surface area contributed by atoms with E-state index in [-0.39, 0.29) is 12.4 Å². The molecule has 4 aromatic rings. The highest BCUT2D eigenvalue weighted by molar-refractivity contribution is 7.17. The van der Waals surface area contributed by atoms with Gasteiger partial charge in [0.05, 0.1) is 5.39 Å². The molecule has 132 valence electrons. The molecule has 0 radical (unpaired) electrons. The van der Waals surface area contributed by atoms with Gasteiger partial charge in [-0.25, -0.2) is 9.97 Å². The number of thiophene rings is 1. The maximum atomic E-state index is 5.97. The van der Waals surface area contributed by atoms with Gasteiger partial charge in [-0.15, -0.1) is 23.7 Å². The number of benzene rings is 2. The fraction of sp³-hybridized carbons (Fsp3) is 0.100. The summed E-state index contributed by atoms with van der Waals surface area (Å²) in [6.07, 6.45) is 1.60. The first kappa shape index (κ1) is 18.6. The molecule has 0 spiro atoms. The molecule has 0 aliphatic heterocycles. The molecule has 4 rings (SSSR count). The van der Waals surface area contributed by atoms with Crippen molar-refractivity contribution in [3.8, 4) is 11.1 Å². The lowest BCUT2D eigenvalue weighted by atomic mass is 10.0. The van der Waals surface area contributed by atoms with E-state index in [4.69, 9.17) is 11.6 Å². The van der Waals surface area contributed by atoms with E-state index in [1.54, 1.807) is 17.7 Å². The summed E-state index contributed by atoms with van der Waals surface area (Å²) >= 11 is 7.61. The number of halogens is 2. The van der Waals surface area contributed by atoms with Gasteiger partial charge >= 0.3 is 0 Å². The quantitative estimate of drug-likeness (QED) is 0.410. The van der Waals surface area contributed by atoms with E-state index < -0.39 is 0 Å². The molecule has 0 amide bonds. The number of anilines is 2. The second kappa shape index (κ2) is 7.62. The van der Waals surface area contributed by atoms with Crippen molar-refractivity contribution in [1.82, 2.24) is 9.97 Å². The van der Waals surface area contributed by atoms with Crippen LogP contribution in [0.3, 0.4) is 0 Å². The lowest BCUT2D eigenvalue weighted by Gasteiger charge is -2.09. The average Bonchev–Trinajstić information content (AvgIpc) is 3.04. The maximum Gasteiger partial charge on any atom is 0.143 e. The summed E-state index contributed by atoms with van der Waals surface area (Å²) in [5.74, 6) is 0.807. The van der Waals surface area contributed by atoms with E-state index in [2.05, 4.69) is 52.7 Å². The van der Waals surface area contributed by atoms with Gasteiger partial charge in [-0.05, 0) is 54.8 Å². The molecule has 0 atom stereocenters. The van der Waals surface area contributed by atoms with E-state index >= 15 is 0 Å². The average molecular weight is 402 g/mol. The number of nitrogens with zero attached hydrogens (tertiary/aromatic N) is 2. The van der Waals surface area contributed by atoms with E-state index in [9.17, 15) is 0 Å². The standard InChI is InChI=1S/C20H16ClN3S.ClH/c1-12-3-4-14(9-13(12)2)17-10-25-20-18(17)19(22-11-23-20)24-16-7-5-15(21)6-8-16;/h3-11H,1-2H3,(H,22,23,24);1H. The van der Waals surface area contributed by atoms with Gasteiger partial charge in [0.1, 0.15) is 17.0 Å². The lowest BCUT2D eigenvalue weighted by molar-refractivity contribution is 1.23. The predicted molar refractivity (Wildman–Crippen MR) is 114 cm³/mol. The fourth-order valence-corrected chi connectivity index (χ4v) is 3.80. The van der Waals surface area contributed by atoms with Crippen molar-refractivity contribution in [3.05, 3.63) is 70.3 Å². The molecule has 0 bridgehead atoms. The predicted octanol–water partition coefficient (Wildman–Crippen LogP) is 6.79. The van der Waals surface area contributed by atoms with Crippen molar-refractivity contribution in [2.45, 2.75) is 13.8 Å². The molecule has 3 nitrogen and oxygen atoms in total. The molecular formula is C20H17Cl2N3S. The maximum absolute atomic E-state index is 5.97. The highest BCUT2D eigenvalue weighted by atomic mass is 35.5. The van der Waals surface area contributed by atoms with Crippen LogP contribution >= 0.6 is 35.3 Å². The number of hydrogen-bond donors (Lipinski definition) is 1. The van der Waals surface area contributed by atoms with Crippen LogP contribution in [0.25, 0.3) is 21.3 Å². The Balaban J connectivity index is 0.00000196. The number of aromatic nitrogens is 2. The zero-order chi connectivity index (χ0) is 17.4. The third kappa shape index (κ3) is 3.54. The van der Waals surface area contributed by atoms with Gasteiger partial charge in [-0.2, -0.15) is 0 Å². The summed E-state index contributed by atoms with van der Waals surface area (Å²) in [5.41, 5.74) is 5.85. The zero-order valence-electron chi connectivity index (χ0n) is 14.3. The monoisotopic (exact) mass is 401 g/mol. The Hall–Kier alpha value is -2.14. The van der Waals surface area contributed by atoms with E-state index in [0.717, 1.165) is 27.3 Å². The smallest absolute Gasteiger partial charge is 0.143 e. The molecule has 2 aromatic heterocycles. The normalized spacial score (nSPS) is 10.6. The van der Waals surface area contributed by atoms with Crippen LogP contribution in [0.4, 0.5) is 11.5 Å². The fourth-order valence-electron chi connectivity index (χ4n) is 2.76. The minimum absolute atomic E-state index is 0. The van der Waals surface area contributed by atoms with Crippen molar-refractivity contribution < 1.29 is 0 Å². The van der Waals surface area contributed by atoms with Gasteiger partial charge in [0, 0.05) is 21.7 Å². The molecule has 26 heavy (non-hydrogen) atoms. The van der Waals surface area contributed by atoms with Crippen molar-refractivity contribution in [3.63, 3.8) is 0 Å². The Bertz CT molecular complexity index is 1060. The van der Waals surface area contributed by atoms with Crippen LogP contribution in [0, 0.1) is 13.8 Å². The Kier molecular flexibility index (Phi) is 5.47. The number of nitrogens with one attached hydrogen (secondary N) is 1. The van der Waals surface area contributed by atoms with Gasteiger partial charge in [0.15, 0.2) is 0 Å². The van der Waals surface area contributed by atoms with Gasteiger partial charge in [0.25, 0.3) is 0 Å². The summed E-state index contributed by atoms with van der Waals surface area (Å²) in [4.78, 5) is 9.88. The Labute approximate surface area is 167 Å².